The maximum atomic E-state index is 12.9. The second-order valence-electron chi connectivity index (χ2n) is 3.89. The van der Waals surface area contributed by atoms with Crippen LogP contribution < -0.4 is 5.32 Å². The van der Waals surface area contributed by atoms with Crippen molar-refractivity contribution in [1.29, 1.82) is 0 Å². The first-order valence-corrected chi connectivity index (χ1v) is 5.31. The number of carbonyl (C=O) groups is 1. The maximum absolute atomic E-state index is 12.9. The summed E-state index contributed by atoms with van der Waals surface area (Å²) in [5.74, 6) is -0.401. The predicted octanol–water partition coefficient (Wildman–Crippen LogP) is 1.31. The Bertz CT molecular complexity index is 400. The van der Waals surface area contributed by atoms with Crippen LogP contribution in [-0.4, -0.2) is 31.6 Å². The van der Waals surface area contributed by atoms with Crippen LogP contribution in [-0.2, 0) is 4.74 Å². The Balaban J connectivity index is 2.19. The van der Waals surface area contributed by atoms with E-state index in [1.54, 1.807) is 6.92 Å². The summed E-state index contributed by atoms with van der Waals surface area (Å²) in [6, 6.07) is 4.19. The summed E-state index contributed by atoms with van der Waals surface area (Å²) in [6.45, 7) is 3.56. The fourth-order valence-electron chi connectivity index (χ4n) is 1.81. The summed E-state index contributed by atoms with van der Waals surface area (Å²) in [5, 5.41) is 3.10. The van der Waals surface area contributed by atoms with Crippen LogP contribution in [0.2, 0.25) is 0 Å². The number of aryl methyl sites for hydroxylation is 1. The maximum Gasteiger partial charge on any atom is 0.193 e. The third-order valence-corrected chi connectivity index (χ3v) is 2.67. The van der Waals surface area contributed by atoms with Gasteiger partial charge in [-0.25, -0.2) is 4.39 Å². The van der Waals surface area contributed by atoms with E-state index < -0.39 is 6.10 Å². The van der Waals surface area contributed by atoms with Gasteiger partial charge in [-0.1, -0.05) is 0 Å². The van der Waals surface area contributed by atoms with Gasteiger partial charge in [-0.3, -0.25) is 4.79 Å². The van der Waals surface area contributed by atoms with E-state index in [9.17, 15) is 9.18 Å². The molecule has 1 saturated heterocycles. The number of ether oxygens (including phenoxy) is 1. The number of hydrogen-bond donors (Lipinski definition) is 1. The molecule has 86 valence electrons. The second-order valence-corrected chi connectivity index (χ2v) is 3.89. The minimum absolute atomic E-state index is 0.0790. The highest BCUT2D eigenvalue weighted by Gasteiger charge is 2.24. The van der Waals surface area contributed by atoms with Crippen molar-refractivity contribution < 1.29 is 13.9 Å². The Labute approximate surface area is 93.6 Å². The second kappa shape index (κ2) is 4.72. The highest BCUT2D eigenvalue weighted by Crippen LogP contribution is 2.14. The molecule has 0 aliphatic carbocycles. The SMILES string of the molecule is Cc1cc(F)ccc1C(=O)C1CNCCO1. The number of morpholine rings is 1. The number of benzene rings is 1. The number of rotatable bonds is 2. The highest BCUT2D eigenvalue weighted by atomic mass is 19.1. The van der Waals surface area contributed by atoms with Crippen LogP contribution in [0.1, 0.15) is 15.9 Å². The van der Waals surface area contributed by atoms with Crippen molar-refractivity contribution in [3.05, 3.63) is 35.1 Å². The zero-order chi connectivity index (χ0) is 11.5. The van der Waals surface area contributed by atoms with E-state index in [0.29, 0.717) is 24.3 Å². The molecule has 4 heteroatoms. The first-order valence-electron chi connectivity index (χ1n) is 5.31. The van der Waals surface area contributed by atoms with Gasteiger partial charge < -0.3 is 10.1 Å². The van der Waals surface area contributed by atoms with Crippen LogP contribution in [0.3, 0.4) is 0 Å². The van der Waals surface area contributed by atoms with Crippen molar-refractivity contribution in [2.45, 2.75) is 13.0 Å². The Morgan fingerprint density at radius 1 is 1.56 bits per heavy atom. The lowest BCUT2D eigenvalue weighted by Crippen LogP contribution is -2.43. The molecule has 1 aromatic rings. The van der Waals surface area contributed by atoms with Crippen molar-refractivity contribution in [3.63, 3.8) is 0 Å². The normalized spacial score (nSPS) is 20.8. The topological polar surface area (TPSA) is 38.3 Å². The van der Waals surface area contributed by atoms with E-state index in [1.807, 2.05) is 0 Å². The fraction of sp³-hybridized carbons (Fsp3) is 0.417. The van der Waals surface area contributed by atoms with E-state index in [4.69, 9.17) is 4.74 Å². The smallest absolute Gasteiger partial charge is 0.193 e. The number of nitrogens with one attached hydrogen (secondary N) is 1. The molecule has 1 aliphatic rings. The standard InChI is InChI=1S/C12H14FNO2/c1-8-6-9(13)2-3-10(8)12(15)11-7-14-4-5-16-11/h2-3,6,11,14H,4-5,7H2,1H3. The summed E-state index contributed by atoms with van der Waals surface area (Å²) < 4.78 is 18.3. The van der Waals surface area contributed by atoms with Crippen molar-refractivity contribution >= 4 is 5.78 Å². The Hall–Kier alpha value is -1.26. The lowest BCUT2D eigenvalue weighted by atomic mass is 10.0. The third-order valence-electron chi connectivity index (χ3n) is 2.67. The van der Waals surface area contributed by atoms with Gasteiger partial charge in [0.05, 0.1) is 6.61 Å². The fourth-order valence-corrected chi connectivity index (χ4v) is 1.81. The molecule has 0 amide bonds. The molecular weight excluding hydrogens is 209 g/mol. The first kappa shape index (κ1) is 11.2. The molecule has 0 bridgehead atoms. The zero-order valence-electron chi connectivity index (χ0n) is 9.13. The average molecular weight is 223 g/mol. The lowest BCUT2D eigenvalue weighted by molar-refractivity contribution is 0.0269. The van der Waals surface area contributed by atoms with Gasteiger partial charge in [0.2, 0.25) is 0 Å². The van der Waals surface area contributed by atoms with Crippen LogP contribution in [0.25, 0.3) is 0 Å². The number of ketones is 1. The predicted molar refractivity (Wildman–Crippen MR) is 58.1 cm³/mol. The molecule has 1 aliphatic heterocycles. The molecule has 0 aromatic heterocycles. The minimum atomic E-state index is -0.446. The van der Waals surface area contributed by atoms with E-state index in [2.05, 4.69) is 5.32 Å². The van der Waals surface area contributed by atoms with E-state index in [-0.39, 0.29) is 11.6 Å². The molecule has 16 heavy (non-hydrogen) atoms. The molecule has 1 unspecified atom stereocenters. The Morgan fingerprint density at radius 2 is 2.38 bits per heavy atom. The van der Waals surface area contributed by atoms with Gasteiger partial charge in [0.25, 0.3) is 0 Å². The van der Waals surface area contributed by atoms with Gasteiger partial charge in [-0.2, -0.15) is 0 Å². The van der Waals surface area contributed by atoms with Crippen molar-refractivity contribution in [1.82, 2.24) is 5.32 Å². The van der Waals surface area contributed by atoms with Gasteiger partial charge in [-0.05, 0) is 30.7 Å². The zero-order valence-corrected chi connectivity index (χ0v) is 9.13. The molecule has 1 N–H and O–H groups in total. The molecular formula is C12H14FNO2. The van der Waals surface area contributed by atoms with Gasteiger partial charge in [0.1, 0.15) is 11.9 Å². The summed E-state index contributed by atoms with van der Waals surface area (Å²) >= 11 is 0. The van der Waals surface area contributed by atoms with Crippen LogP contribution in [0.15, 0.2) is 18.2 Å². The summed E-state index contributed by atoms with van der Waals surface area (Å²) in [4.78, 5) is 12.0. The molecule has 2 rings (SSSR count). The molecule has 0 spiro atoms. The number of Topliss-reactive ketones (excluding diaryl/α,β-unsaturated/α-hetero) is 1. The van der Waals surface area contributed by atoms with Gasteiger partial charge in [-0.15, -0.1) is 0 Å². The summed E-state index contributed by atoms with van der Waals surface area (Å²) in [6.07, 6.45) is -0.446. The summed E-state index contributed by atoms with van der Waals surface area (Å²) in [7, 11) is 0. The van der Waals surface area contributed by atoms with Crippen molar-refractivity contribution in [3.8, 4) is 0 Å². The van der Waals surface area contributed by atoms with Gasteiger partial charge in [0, 0.05) is 18.7 Å². The van der Waals surface area contributed by atoms with Crippen LogP contribution in [0.4, 0.5) is 4.39 Å². The van der Waals surface area contributed by atoms with Crippen LogP contribution >= 0.6 is 0 Å². The number of hydrogen-bond acceptors (Lipinski definition) is 3. The third kappa shape index (κ3) is 2.28. The van der Waals surface area contributed by atoms with E-state index >= 15 is 0 Å². The number of carbonyl (C=O) groups excluding carboxylic acids is 1. The molecule has 1 aromatic carbocycles. The molecule has 3 nitrogen and oxygen atoms in total. The first-order chi connectivity index (χ1) is 7.68. The number of halogens is 1. The quantitative estimate of drug-likeness (QED) is 0.768. The van der Waals surface area contributed by atoms with Gasteiger partial charge >= 0.3 is 0 Å². The molecule has 0 saturated carbocycles. The molecule has 1 heterocycles. The molecule has 0 radical (unpaired) electrons. The van der Waals surface area contributed by atoms with E-state index in [1.165, 1.54) is 18.2 Å². The van der Waals surface area contributed by atoms with Gasteiger partial charge in [0.15, 0.2) is 5.78 Å². The highest BCUT2D eigenvalue weighted by molar-refractivity contribution is 6.00. The largest absolute Gasteiger partial charge is 0.367 e. The lowest BCUT2D eigenvalue weighted by Gasteiger charge is -2.23. The summed E-state index contributed by atoms with van der Waals surface area (Å²) in [5.41, 5.74) is 1.19. The Kier molecular flexibility index (Phi) is 3.31. The van der Waals surface area contributed by atoms with E-state index in [0.717, 1.165) is 6.54 Å². The van der Waals surface area contributed by atoms with Crippen LogP contribution in [0, 0.1) is 12.7 Å². The van der Waals surface area contributed by atoms with Crippen molar-refractivity contribution in [2.75, 3.05) is 19.7 Å². The average Bonchev–Trinajstić information content (AvgIpc) is 2.29. The minimum Gasteiger partial charge on any atom is -0.367 e. The van der Waals surface area contributed by atoms with Crippen molar-refractivity contribution in [2.24, 2.45) is 0 Å². The Morgan fingerprint density at radius 3 is 3.00 bits per heavy atom. The molecule has 1 atom stereocenters. The van der Waals surface area contributed by atoms with Crippen LogP contribution in [0.5, 0.6) is 0 Å². The molecule has 1 fully saturated rings. The monoisotopic (exact) mass is 223 g/mol.